The maximum Gasteiger partial charge on any atom is 0.350 e. The SMILES string of the molecule is CCCOC(=O)c1sc(NC(=O)C[C@H](CCCN)Nc2nccc3ccc(-c4noc(C)n4)cc23)nc1C. The molecule has 0 saturated carbocycles. The van der Waals surface area contributed by atoms with Gasteiger partial charge in [0.1, 0.15) is 10.7 Å². The third-order valence-electron chi connectivity index (χ3n) is 5.75. The summed E-state index contributed by atoms with van der Waals surface area (Å²) in [6.45, 7) is 6.22. The molecule has 0 saturated heterocycles. The topological polar surface area (TPSA) is 158 Å². The number of nitrogens with one attached hydrogen (secondary N) is 2. The van der Waals surface area contributed by atoms with E-state index in [4.69, 9.17) is 15.0 Å². The summed E-state index contributed by atoms with van der Waals surface area (Å²) in [4.78, 5) is 38.8. The Morgan fingerprint density at radius 3 is 2.79 bits per heavy atom. The van der Waals surface area contributed by atoms with Crippen LogP contribution >= 0.6 is 11.3 Å². The predicted molar refractivity (Wildman–Crippen MR) is 146 cm³/mol. The van der Waals surface area contributed by atoms with Crippen LogP contribution in [0.15, 0.2) is 35.0 Å². The van der Waals surface area contributed by atoms with Crippen molar-refractivity contribution in [3.63, 3.8) is 0 Å². The van der Waals surface area contributed by atoms with E-state index >= 15 is 0 Å². The van der Waals surface area contributed by atoms with Crippen molar-refractivity contribution >= 4 is 44.9 Å². The van der Waals surface area contributed by atoms with Gasteiger partial charge in [-0.15, -0.1) is 0 Å². The van der Waals surface area contributed by atoms with Crippen molar-refractivity contribution < 1.29 is 18.8 Å². The fourth-order valence-corrected chi connectivity index (χ4v) is 4.79. The summed E-state index contributed by atoms with van der Waals surface area (Å²) in [5, 5.41) is 12.5. The number of amides is 1. The summed E-state index contributed by atoms with van der Waals surface area (Å²) in [6.07, 6.45) is 4.01. The molecule has 12 heteroatoms. The molecule has 200 valence electrons. The maximum absolute atomic E-state index is 13.0. The zero-order valence-electron chi connectivity index (χ0n) is 21.6. The number of carbonyl (C=O) groups excluding carboxylic acids is 2. The normalized spacial score (nSPS) is 11.9. The molecule has 1 atom stereocenters. The van der Waals surface area contributed by atoms with E-state index in [0.717, 1.165) is 40.5 Å². The fourth-order valence-electron chi connectivity index (χ4n) is 3.92. The lowest BCUT2D eigenvalue weighted by atomic mass is 10.0. The Morgan fingerprint density at radius 2 is 2.05 bits per heavy atom. The van der Waals surface area contributed by atoms with E-state index in [2.05, 4.69) is 30.7 Å². The summed E-state index contributed by atoms with van der Waals surface area (Å²) >= 11 is 1.11. The largest absolute Gasteiger partial charge is 0.461 e. The van der Waals surface area contributed by atoms with Gasteiger partial charge in [-0.25, -0.2) is 14.8 Å². The Labute approximate surface area is 224 Å². The second kappa shape index (κ2) is 12.6. The van der Waals surface area contributed by atoms with E-state index < -0.39 is 5.97 Å². The second-order valence-corrected chi connectivity index (χ2v) is 9.83. The van der Waals surface area contributed by atoms with Crippen LogP contribution in [0.2, 0.25) is 0 Å². The van der Waals surface area contributed by atoms with Crippen LogP contribution < -0.4 is 16.4 Å². The summed E-state index contributed by atoms with van der Waals surface area (Å²) in [7, 11) is 0. The maximum atomic E-state index is 13.0. The number of esters is 1. The van der Waals surface area contributed by atoms with Crippen molar-refractivity contribution in [1.82, 2.24) is 20.1 Å². The smallest absolute Gasteiger partial charge is 0.350 e. The van der Waals surface area contributed by atoms with Crippen molar-refractivity contribution in [1.29, 1.82) is 0 Å². The fraction of sp³-hybridized carbons (Fsp3) is 0.385. The van der Waals surface area contributed by atoms with Crippen molar-refractivity contribution in [2.75, 3.05) is 23.8 Å². The highest BCUT2D eigenvalue weighted by molar-refractivity contribution is 7.17. The first-order valence-corrected chi connectivity index (χ1v) is 13.3. The van der Waals surface area contributed by atoms with Crippen LogP contribution in [0.3, 0.4) is 0 Å². The zero-order valence-corrected chi connectivity index (χ0v) is 22.4. The van der Waals surface area contributed by atoms with E-state index in [-0.39, 0.29) is 18.4 Å². The molecule has 1 amide bonds. The standard InChI is InChI=1S/C26H31N7O4S/c1-4-12-36-25(35)22-15(2)29-26(38-22)32-21(34)14-19(6-5-10-27)31-24-20-13-18(23-30-16(3)37-33-23)8-7-17(20)9-11-28-24/h7-9,11,13,19H,4-6,10,12,14,27H2,1-3H3,(H,28,31)(H,29,32,34)/t19-/m0/s1. The zero-order chi connectivity index (χ0) is 27.1. The number of rotatable bonds is 12. The van der Waals surface area contributed by atoms with E-state index in [9.17, 15) is 9.59 Å². The number of thiazole rings is 1. The van der Waals surface area contributed by atoms with E-state index in [1.807, 2.05) is 31.2 Å². The van der Waals surface area contributed by atoms with Crippen molar-refractivity contribution in [3.05, 3.63) is 46.9 Å². The average molecular weight is 538 g/mol. The minimum Gasteiger partial charge on any atom is -0.461 e. The number of aromatic nitrogens is 4. The summed E-state index contributed by atoms with van der Waals surface area (Å²) in [6, 6.07) is 7.53. The number of nitrogens with two attached hydrogens (primary N) is 1. The summed E-state index contributed by atoms with van der Waals surface area (Å²) in [5.41, 5.74) is 7.09. The molecule has 0 bridgehead atoms. The van der Waals surface area contributed by atoms with E-state index in [1.54, 1.807) is 20.0 Å². The minimum atomic E-state index is -0.429. The Balaban J connectivity index is 1.50. The molecule has 0 aliphatic carbocycles. The Morgan fingerprint density at radius 1 is 1.21 bits per heavy atom. The van der Waals surface area contributed by atoms with Crippen LogP contribution in [0.25, 0.3) is 22.2 Å². The van der Waals surface area contributed by atoms with Gasteiger partial charge < -0.3 is 25.6 Å². The number of anilines is 2. The molecular weight excluding hydrogens is 506 g/mol. The van der Waals surface area contributed by atoms with Crippen LogP contribution in [-0.2, 0) is 9.53 Å². The molecule has 11 nitrogen and oxygen atoms in total. The highest BCUT2D eigenvalue weighted by atomic mass is 32.1. The Kier molecular flexibility index (Phi) is 8.98. The van der Waals surface area contributed by atoms with Gasteiger partial charge in [-0.05, 0) is 50.2 Å². The quantitative estimate of drug-likeness (QED) is 0.220. The first kappa shape index (κ1) is 27.1. The number of hydrogen-bond donors (Lipinski definition) is 3. The molecule has 0 aliphatic heterocycles. The molecule has 0 spiro atoms. The van der Waals surface area contributed by atoms with Gasteiger partial charge in [-0.1, -0.05) is 35.5 Å². The van der Waals surface area contributed by atoms with E-state index in [0.29, 0.717) is 52.8 Å². The van der Waals surface area contributed by atoms with Crippen molar-refractivity contribution in [2.24, 2.45) is 5.73 Å². The van der Waals surface area contributed by atoms with Crippen LogP contribution in [-0.4, -0.2) is 51.2 Å². The molecule has 4 rings (SSSR count). The third kappa shape index (κ3) is 6.69. The number of pyridine rings is 1. The molecule has 0 radical (unpaired) electrons. The molecular formula is C26H31N7O4S. The molecule has 4 aromatic rings. The van der Waals surface area contributed by atoms with Crippen LogP contribution in [0, 0.1) is 13.8 Å². The van der Waals surface area contributed by atoms with Gasteiger partial charge in [-0.3, -0.25) is 4.79 Å². The monoisotopic (exact) mass is 537 g/mol. The molecule has 3 aromatic heterocycles. The van der Waals surface area contributed by atoms with Gasteiger partial charge in [0.15, 0.2) is 5.13 Å². The number of aryl methyl sites for hydroxylation is 2. The molecule has 0 aliphatic rings. The lowest BCUT2D eigenvalue weighted by molar-refractivity contribution is -0.116. The van der Waals surface area contributed by atoms with Crippen molar-refractivity contribution in [3.8, 4) is 11.4 Å². The number of carbonyl (C=O) groups is 2. The van der Waals surface area contributed by atoms with E-state index in [1.165, 1.54) is 0 Å². The van der Waals surface area contributed by atoms with Gasteiger partial charge in [0.2, 0.25) is 17.6 Å². The van der Waals surface area contributed by atoms with Gasteiger partial charge in [0.05, 0.1) is 12.3 Å². The summed E-state index contributed by atoms with van der Waals surface area (Å²) < 4.78 is 10.3. The molecule has 3 heterocycles. The first-order valence-electron chi connectivity index (χ1n) is 12.5. The van der Waals surface area contributed by atoms with Crippen LogP contribution in [0.5, 0.6) is 0 Å². The average Bonchev–Trinajstić information content (AvgIpc) is 3.50. The molecule has 4 N–H and O–H groups in total. The second-order valence-electron chi connectivity index (χ2n) is 8.83. The lowest BCUT2D eigenvalue weighted by Crippen LogP contribution is -2.27. The number of hydrogen-bond acceptors (Lipinski definition) is 11. The summed E-state index contributed by atoms with van der Waals surface area (Å²) in [5.74, 6) is 0.963. The van der Waals surface area contributed by atoms with Gasteiger partial charge >= 0.3 is 5.97 Å². The lowest BCUT2D eigenvalue weighted by Gasteiger charge is -2.20. The highest BCUT2D eigenvalue weighted by Crippen LogP contribution is 2.28. The van der Waals surface area contributed by atoms with Gasteiger partial charge in [0, 0.05) is 36.5 Å². The predicted octanol–water partition coefficient (Wildman–Crippen LogP) is 4.47. The number of ether oxygens (including phenoxy) is 1. The minimum absolute atomic E-state index is 0.163. The molecule has 0 fully saturated rings. The number of fused-ring (bicyclic) bond motifs is 1. The van der Waals surface area contributed by atoms with Gasteiger partial charge in [0.25, 0.3) is 0 Å². The van der Waals surface area contributed by atoms with Gasteiger partial charge in [-0.2, -0.15) is 4.98 Å². The highest BCUT2D eigenvalue weighted by Gasteiger charge is 2.20. The Bertz CT molecular complexity index is 1420. The molecule has 1 aromatic carbocycles. The molecule has 0 unspecified atom stereocenters. The number of nitrogens with zero attached hydrogens (tertiary/aromatic N) is 4. The third-order valence-corrected chi connectivity index (χ3v) is 6.80. The first-order chi connectivity index (χ1) is 18.4. The Hall–Kier alpha value is -3.90. The molecule has 38 heavy (non-hydrogen) atoms. The number of benzene rings is 1. The van der Waals surface area contributed by atoms with Crippen molar-refractivity contribution in [2.45, 2.75) is 52.5 Å². The van der Waals surface area contributed by atoms with Crippen LogP contribution in [0.4, 0.5) is 10.9 Å². The van der Waals surface area contributed by atoms with Crippen LogP contribution in [0.1, 0.15) is 53.9 Å².